The Morgan fingerprint density at radius 3 is 2.33 bits per heavy atom. The van der Waals surface area contributed by atoms with E-state index in [0.717, 1.165) is 22.3 Å². The monoisotopic (exact) mass is 407 g/mol. The van der Waals surface area contributed by atoms with Crippen LogP contribution in [-0.4, -0.2) is 31.1 Å². The van der Waals surface area contributed by atoms with Crippen molar-refractivity contribution in [1.29, 1.82) is 0 Å². The molecule has 7 nitrogen and oxygen atoms in total. The van der Waals surface area contributed by atoms with Crippen molar-refractivity contribution in [1.82, 2.24) is 0 Å². The molecule has 0 aromatic heterocycles. The first-order chi connectivity index (χ1) is 14.4. The number of nitrogens with zero attached hydrogens (tertiary/aromatic N) is 1. The van der Waals surface area contributed by atoms with Crippen LogP contribution in [-0.2, 0) is 19.1 Å². The first-order valence-corrected chi connectivity index (χ1v) is 9.62. The predicted octanol–water partition coefficient (Wildman–Crippen LogP) is 3.87. The van der Waals surface area contributed by atoms with Gasteiger partial charge in [-0.05, 0) is 41.5 Å². The topological polar surface area (TPSA) is 95.7 Å². The molecule has 4 rings (SSSR count). The van der Waals surface area contributed by atoms with Gasteiger partial charge in [-0.3, -0.25) is 19.7 Å². The van der Waals surface area contributed by atoms with E-state index in [4.69, 9.17) is 9.47 Å². The zero-order valence-electron chi connectivity index (χ0n) is 16.7. The smallest absolute Gasteiger partial charge is 0.323 e. The summed E-state index contributed by atoms with van der Waals surface area (Å²) >= 11 is 0. The molecule has 2 aromatic carbocycles. The average Bonchev–Trinajstić information content (AvgIpc) is 3.16. The van der Waals surface area contributed by atoms with Gasteiger partial charge in [0.05, 0.1) is 19.1 Å². The molecule has 2 atom stereocenters. The molecular formula is C23H21NO6. The van der Waals surface area contributed by atoms with E-state index >= 15 is 0 Å². The van der Waals surface area contributed by atoms with Gasteiger partial charge in [0.1, 0.15) is 0 Å². The van der Waals surface area contributed by atoms with Gasteiger partial charge in [0.15, 0.2) is 5.41 Å². The number of hydrogen-bond acceptors (Lipinski definition) is 6. The lowest BCUT2D eigenvalue weighted by molar-refractivity contribution is -0.384. The molecule has 0 radical (unpaired) electrons. The first kappa shape index (κ1) is 19.8. The van der Waals surface area contributed by atoms with Gasteiger partial charge in [-0.15, -0.1) is 0 Å². The van der Waals surface area contributed by atoms with Crippen LogP contribution in [0.25, 0.3) is 6.08 Å². The van der Waals surface area contributed by atoms with Crippen LogP contribution in [0.15, 0.2) is 54.1 Å². The van der Waals surface area contributed by atoms with Crippen molar-refractivity contribution < 1.29 is 24.0 Å². The fourth-order valence-electron chi connectivity index (χ4n) is 4.90. The fraction of sp³-hybridized carbons (Fsp3) is 0.304. The Bertz CT molecular complexity index is 1040. The van der Waals surface area contributed by atoms with Crippen LogP contribution in [0.5, 0.6) is 0 Å². The minimum Gasteiger partial charge on any atom is -0.468 e. The van der Waals surface area contributed by atoms with Crippen molar-refractivity contribution in [2.75, 3.05) is 14.2 Å². The second kappa shape index (κ2) is 7.40. The van der Waals surface area contributed by atoms with Gasteiger partial charge < -0.3 is 9.47 Å². The minimum atomic E-state index is -1.42. The number of carbonyl (C=O) groups is 2. The lowest BCUT2D eigenvalue weighted by atomic mass is 9.72. The lowest BCUT2D eigenvalue weighted by Gasteiger charge is -2.31. The van der Waals surface area contributed by atoms with Gasteiger partial charge in [-0.1, -0.05) is 42.0 Å². The third-order valence-electron chi connectivity index (χ3n) is 6.22. The third kappa shape index (κ3) is 2.98. The molecule has 0 heterocycles. The molecule has 2 aromatic rings. The van der Waals surface area contributed by atoms with Gasteiger partial charge in [0.25, 0.3) is 5.69 Å². The number of benzene rings is 2. The van der Waals surface area contributed by atoms with Crippen molar-refractivity contribution in [3.8, 4) is 0 Å². The number of allylic oxidation sites excluding steroid dienone is 1. The number of fused-ring (bicyclic) bond motifs is 2. The zero-order valence-corrected chi connectivity index (χ0v) is 16.7. The largest absolute Gasteiger partial charge is 0.468 e. The van der Waals surface area contributed by atoms with Crippen molar-refractivity contribution in [2.45, 2.75) is 18.8 Å². The molecule has 30 heavy (non-hydrogen) atoms. The molecule has 0 amide bonds. The quantitative estimate of drug-likeness (QED) is 0.330. The second-order valence-electron chi connectivity index (χ2n) is 7.73. The Morgan fingerprint density at radius 1 is 1.07 bits per heavy atom. The summed E-state index contributed by atoms with van der Waals surface area (Å²) < 4.78 is 9.96. The zero-order chi connectivity index (χ0) is 21.5. The summed E-state index contributed by atoms with van der Waals surface area (Å²) in [4.78, 5) is 36.4. The molecule has 0 unspecified atom stereocenters. The summed E-state index contributed by atoms with van der Waals surface area (Å²) in [5.41, 5.74) is 2.18. The maximum Gasteiger partial charge on any atom is 0.323 e. The Labute approximate surface area is 173 Å². The van der Waals surface area contributed by atoms with Crippen LogP contribution in [0.4, 0.5) is 5.69 Å². The highest BCUT2D eigenvalue weighted by molar-refractivity contribution is 6.01. The number of carbonyl (C=O) groups excluding carboxylic acids is 2. The summed E-state index contributed by atoms with van der Waals surface area (Å²) in [5, 5.41) is 11.4. The number of rotatable bonds is 4. The molecule has 1 saturated carbocycles. The van der Waals surface area contributed by atoms with Gasteiger partial charge >= 0.3 is 11.9 Å². The van der Waals surface area contributed by atoms with E-state index in [1.54, 1.807) is 12.1 Å². The SMILES string of the molecule is COC(=O)C1(C(=O)OC)CC2=Cc3ccc([N+](=O)[O-])cc3[C@H](c3ccccc3)[C@H]2C1. The standard InChI is InChI=1S/C23H21NO6/c1-29-21(25)23(22(26)30-2)12-16-10-15-8-9-17(24(27)28)11-18(15)20(19(16)13-23)14-6-4-3-5-7-14/h3-11,19-20H,12-13H2,1-2H3/t19-,20-/m0/s1. The van der Waals surface area contributed by atoms with Gasteiger partial charge in [0, 0.05) is 18.1 Å². The van der Waals surface area contributed by atoms with E-state index in [1.807, 2.05) is 36.4 Å². The van der Waals surface area contributed by atoms with Crippen LogP contribution in [0.1, 0.15) is 35.4 Å². The molecule has 2 aliphatic rings. The average molecular weight is 407 g/mol. The molecule has 0 aliphatic heterocycles. The number of nitro groups is 1. The first-order valence-electron chi connectivity index (χ1n) is 9.62. The third-order valence-corrected chi connectivity index (χ3v) is 6.22. The Morgan fingerprint density at radius 2 is 1.73 bits per heavy atom. The predicted molar refractivity (Wildman–Crippen MR) is 109 cm³/mol. The molecule has 1 fully saturated rings. The van der Waals surface area contributed by atoms with Crippen molar-refractivity contribution in [3.05, 3.63) is 80.9 Å². The molecule has 154 valence electrons. The highest BCUT2D eigenvalue weighted by Crippen LogP contribution is 2.57. The van der Waals surface area contributed by atoms with Crippen molar-refractivity contribution in [2.24, 2.45) is 11.3 Å². The summed E-state index contributed by atoms with van der Waals surface area (Å²) in [6.07, 6.45) is 2.37. The van der Waals surface area contributed by atoms with Gasteiger partial charge in [-0.2, -0.15) is 0 Å². The second-order valence-corrected chi connectivity index (χ2v) is 7.73. The highest BCUT2D eigenvalue weighted by atomic mass is 16.6. The lowest BCUT2D eigenvalue weighted by Crippen LogP contribution is -2.39. The maximum absolute atomic E-state index is 12.7. The number of methoxy groups -OCH3 is 2. The fourth-order valence-corrected chi connectivity index (χ4v) is 4.90. The van der Waals surface area contributed by atoms with E-state index in [0.29, 0.717) is 0 Å². The van der Waals surface area contributed by atoms with E-state index in [1.165, 1.54) is 20.3 Å². The van der Waals surface area contributed by atoms with E-state index in [9.17, 15) is 19.7 Å². The summed E-state index contributed by atoms with van der Waals surface area (Å²) in [6.45, 7) is 0. The highest BCUT2D eigenvalue weighted by Gasteiger charge is 2.57. The van der Waals surface area contributed by atoms with Crippen LogP contribution in [0.3, 0.4) is 0 Å². The number of esters is 2. The van der Waals surface area contributed by atoms with Crippen LogP contribution >= 0.6 is 0 Å². The van der Waals surface area contributed by atoms with Crippen molar-refractivity contribution >= 4 is 23.7 Å². The summed E-state index contributed by atoms with van der Waals surface area (Å²) in [7, 11) is 2.52. The normalized spacial score (nSPS) is 21.1. The van der Waals surface area contributed by atoms with E-state index < -0.39 is 22.3 Å². The van der Waals surface area contributed by atoms with Gasteiger partial charge in [-0.25, -0.2) is 0 Å². The molecular weight excluding hydrogens is 386 g/mol. The van der Waals surface area contributed by atoms with E-state index in [2.05, 4.69) is 0 Å². The molecule has 0 saturated heterocycles. The molecule has 2 aliphatic carbocycles. The molecule has 7 heteroatoms. The number of hydrogen-bond donors (Lipinski definition) is 0. The number of ether oxygens (including phenoxy) is 2. The van der Waals surface area contributed by atoms with Crippen LogP contribution < -0.4 is 0 Å². The maximum atomic E-state index is 12.7. The summed E-state index contributed by atoms with van der Waals surface area (Å²) in [5.74, 6) is -1.64. The molecule has 0 spiro atoms. The molecule has 0 N–H and O–H groups in total. The van der Waals surface area contributed by atoms with Gasteiger partial charge in [0.2, 0.25) is 0 Å². The Hall–Kier alpha value is -3.48. The van der Waals surface area contributed by atoms with Crippen LogP contribution in [0, 0.1) is 21.4 Å². The number of nitro benzene ring substituents is 1. The minimum absolute atomic E-state index is 0.0109. The Kier molecular flexibility index (Phi) is 4.89. The van der Waals surface area contributed by atoms with Crippen molar-refractivity contribution in [3.63, 3.8) is 0 Å². The Balaban J connectivity index is 1.89. The molecule has 0 bridgehead atoms. The number of non-ortho nitro benzene ring substituents is 1. The summed E-state index contributed by atoms with van der Waals surface area (Å²) in [6, 6.07) is 14.4. The van der Waals surface area contributed by atoms with E-state index in [-0.39, 0.29) is 30.4 Å². The van der Waals surface area contributed by atoms with Crippen LogP contribution in [0.2, 0.25) is 0 Å².